The second-order valence-electron chi connectivity index (χ2n) is 5.47. The highest BCUT2D eigenvalue weighted by atomic mass is 15.1. The Morgan fingerprint density at radius 1 is 1.10 bits per heavy atom. The van der Waals surface area contributed by atoms with Crippen molar-refractivity contribution in [2.24, 2.45) is 5.73 Å². The molecule has 2 N–H and O–H groups in total. The number of hydrogen-bond donors (Lipinski definition) is 1. The van der Waals surface area contributed by atoms with Crippen molar-refractivity contribution in [3.63, 3.8) is 0 Å². The lowest BCUT2D eigenvalue weighted by atomic mass is 9.99. The average Bonchev–Trinajstić information content (AvgIpc) is 2.53. The highest BCUT2D eigenvalue weighted by molar-refractivity contribution is 5.80. The molecule has 0 saturated heterocycles. The fraction of sp³-hybridized carbons (Fsp3) is 0.222. The standard InChI is InChI=1S/C18H17N3/c1-13(11-19)14-6-8-17(9-7-14)21-12-16-5-3-2-4-15(16)10-18(21)20/h2-9,13,20H,10,12H2,1H3/p+1. The van der Waals surface area contributed by atoms with Crippen LogP contribution in [0.15, 0.2) is 48.5 Å². The molecule has 0 fully saturated rings. The fourth-order valence-electron chi connectivity index (χ4n) is 2.72. The predicted octanol–water partition coefficient (Wildman–Crippen LogP) is 3.07. The monoisotopic (exact) mass is 276 g/mol. The van der Waals surface area contributed by atoms with Crippen LogP contribution < -0.4 is 5.73 Å². The van der Waals surface area contributed by atoms with Crippen LogP contribution in [0.25, 0.3) is 0 Å². The average molecular weight is 276 g/mol. The Balaban J connectivity index is 1.93. The third kappa shape index (κ3) is 2.53. The zero-order valence-corrected chi connectivity index (χ0v) is 12.1. The van der Waals surface area contributed by atoms with Crippen LogP contribution in [0.5, 0.6) is 0 Å². The Bertz CT molecular complexity index is 736. The SMILES string of the molecule is CC(C#N)c1ccc([N+]2=C(N)Cc3ccccc3C2)cc1. The van der Waals surface area contributed by atoms with Crippen LogP contribution in [0, 0.1) is 11.3 Å². The predicted molar refractivity (Wildman–Crippen MR) is 83.4 cm³/mol. The van der Waals surface area contributed by atoms with Crippen molar-refractivity contribution in [3.8, 4) is 6.07 Å². The van der Waals surface area contributed by atoms with Gasteiger partial charge >= 0.3 is 0 Å². The Morgan fingerprint density at radius 2 is 1.76 bits per heavy atom. The van der Waals surface area contributed by atoms with E-state index in [1.165, 1.54) is 11.1 Å². The van der Waals surface area contributed by atoms with Gasteiger partial charge in [-0.05, 0) is 35.7 Å². The molecule has 0 aliphatic carbocycles. The molecule has 1 aliphatic heterocycles. The molecule has 2 aromatic carbocycles. The molecular formula is C18H18N3+. The molecule has 21 heavy (non-hydrogen) atoms. The molecule has 0 amide bonds. The van der Waals surface area contributed by atoms with Gasteiger partial charge in [-0.15, -0.1) is 0 Å². The number of rotatable bonds is 2. The normalized spacial score (nSPS) is 15.2. The van der Waals surface area contributed by atoms with Crippen LogP contribution in [0.4, 0.5) is 5.69 Å². The third-order valence-corrected chi connectivity index (χ3v) is 4.06. The number of nitrogens with two attached hydrogens (primary N) is 1. The van der Waals surface area contributed by atoms with Gasteiger partial charge in [0.05, 0.1) is 18.4 Å². The number of nitrogens with zero attached hydrogens (tertiary/aromatic N) is 2. The highest BCUT2D eigenvalue weighted by Crippen LogP contribution is 2.24. The van der Waals surface area contributed by atoms with Gasteiger partial charge in [0.25, 0.3) is 5.84 Å². The van der Waals surface area contributed by atoms with Gasteiger partial charge in [-0.1, -0.05) is 36.4 Å². The number of fused-ring (bicyclic) bond motifs is 1. The van der Waals surface area contributed by atoms with Crippen LogP contribution in [0.3, 0.4) is 0 Å². The van der Waals surface area contributed by atoms with E-state index in [1.54, 1.807) is 0 Å². The van der Waals surface area contributed by atoms with E-state index in [4.69, 9.17) is 11.0 Å². The molecule has 1 atom stereocenters. The zero-order valence-electron chi connectivity index (χ0n) is 12.1. The van der Waals surface area contributed by atoms with E-state index in [1.807, 2.05) is 31.2 Å². The summed E-state index contributed by atoms with van der Waals surface area (Å²) in [6.07, 6.45) is 0.784. The Kier molecular flexibility index (Phi) is 3.45. The number of nitriles is 1. The first-order valence-corrected chi connectivity index (χ1v) is 7.14. The van der Waals surface area contributed by atoms with Gasteiger partial charge in [-0.2, -0.15) is 5.26 Å². The van der Waals surface area contributed by atoms with Crippen molar-refractivity contribution in [1.29, 1.82) is 5.26 Å². The van der Waals surface area contributed by atoms with Crippen molar-refractivity contribution in [3.05, 3.63) is 65.2 Å². The van der Waals surface area contributed by atoms with E-state index in [9.17, 15) is 0 Å². The largest absolute Gasteiger partial charge is 0.290 e. The molecule has 104 valence electrons. The van der Waals surface area contributed by atoms with E-state index in [2.05, 4.69) is 34.9 Å². The third-order valence-electron chi connectivity index (χ3n) is 4.06. The van der Waals surface area contributed by atoms with Crippen LogP contribution in [0.2, 0.25) is 0 Å². The molecule has 3 rings (SSSR count). The van der Waals surface area contributed by atoms with E-state index in [0.29, 0.717) is 0 Å². The summed E-state index contributed by atoms with van der Waals surface area (Å²) < 4.78 is 2.14. The van der Waals surface area contributed by atoms with Crippen molar-refractivity contribution in [1.82, 2.24) is 0 Å². The van der Waals surface area contributed by atoms with Gasteiger partial charge in [0.2, 0.25) is 0 Å². The molecular weight excluding hydrogens is 258 g/mol. The van der Waals surface area contributed by atoms with Gasteiger partial charge < -0.3 is 0 Å². The molecule has 3 nitrogen and oxygen atoms in total. The molecule has 1 aliphatic rings. The molecule has 3 heteroatoms. The fourth-order valence-corrected chi connectivity index (χ4v) is 2.72. The summed E-state index contributed by atoms with van der Waals surface area (Å²) in [6, 6.07) is 18.8. The summed E-state index contributed by atoms with van der Waals surface area (Å²) in [5.41, 5.74) is 11.0. The maximum atomic E-state index is 8.97. The smallest absolute Gasteiger partial charge is 0.252 e. The lowest BCUT2D eigenvalue weighted by molar-refractivity contribution is -0.462. The van der Waals surface area contributed by atoms with Crippen molar-refractivity contribution < 1.29 is 4.58 Å². The topological polar surface area (TPSA) is 52.8 Å². The Morgan fingerprint density at radius 3 is 2.43 bits per heavy atom. The van der Waals surface area contributed by atoms with Crippen molar-refractivity contribution in [2.45, 2.75) is 25.8 Å². The molecule has 0 bridgehead atoms. The van der Waals surface area contributed by atoms with Crippen LogP contribution in [-0.2, 0) is 13.0 Å². The quantitative estimate of drug-likeness (QED) is 0.857. The molecule has 2 aromatic rings. The minimum absolute atomic E-state index is 0.0811. The van der Waals surface area contributed by atoms with Crippen LogP contribution in [0.1, 0.15) is 29.5 Å². The lowest BCUT2D eigenvalue weighted by Crippen LogP contribution is -2.31. The Hall–Kier alpha value is -2.60. The first kappa shape index (κ1) is 13.4. The van der Waals surface area contributed by atoms with Crippen molar-refractivity contribution >= 4 is 11.5 Å². The minimum atomic E-state index is -0.0811. The summed E-state index contributed by atoms with van der Waals surface area (Å²) in [5.74, 6) is 0.789. The van der Waals surface area contributed by atoms with Crippen molar-refractivity contribution in [2.75, 3.05) is 0 Å². The maximum Gasteiger partial charge on any atom is 0.252 e. The van der Waals surface area contributed by atoms with Gasteiger partial charge in [-0.3, -0.25) is 5.73 Å². The highest BCUT2D eigenvalue weighted by Gasteiger charge is 2.21. The van der Waals surface area contributed by atoms with Gasteiger partial charge in [0, 0.05) is 0 Å². The molecule has 1 heterocycles. The summed E-state index contributed by atoms with van der Waals surface area (Å²) >= 11 is 0. The van der Waals surface area contributed by atoms with Gasteiger partial charge in [0.15, 0.2) is 0 Å². The zero-order chi connectivity index (χ0) is 14.8. The second kappa shape index (κ2) is 5.41. The maximum absolute atomic E-state index is 8.97. The molecule has 0 aromatic heterocycles. The van der Waals surface area contributed by atoms with E-state index >= 15 is 0 Å². The summed E-state index contributed by atoms with van der Waals surface area (Å²) in [4.78, 5) is 0. The molecule has 1 unspecified atom stereocenters. The second-order valence-corrected chi connectivity index (χ2v) is 5.47. The summed E-state index contributed by atoms with van der Waals surface area (Å²) in [7, 11) is 0. The Labute approximate surface area is 125 Å². The number of benzene rings is 2. The molecule has 0 saturated carbocycles. The van der Waals surface area contributed by atoms with E-state index < -0.39 is 0 Å². The lowest BCUT2D eigenvalue weighted by Gasteiger charge is -2.18. The van der Waals surface area contributed by atoms with E-state index in [-0.39, 0.29) is 5.92 Å². The van der Waals surface area contributed by atoms with Gasteiger partial charge in [0.1, 0.15) is 12.2 Å². The number of hydrogen-bond acceptors (Lipinski definition) is 2. The van der Waals surface area contributed by atoms with Gasteiger partial charge in [-0.25, -0.2) is 4.58 Å². The van der Waals surface area contributed by atoms with Crippen LogP contribution in [-0.4, -0.2) is 10.4 Å². The molecule has 0 radical (unpaired) electrons. The number of amidine groups is 1. The first-order valence-electron chi connectivity index (χ1n) is 7.14. The molecule has 0 spiro atoms. The van der Waals surface area contributed by atoms with Crippen LogP contribution >= 0.6 is 0 Å². The first-order chi connectivity index (χ1) is 10.2. The summed E-state index contributed by atoms with van der Waals surface area (Å²) in [6.45, 7) is 2.71. The minimum Gasteiger partial charge on any atom is -0.290 e. The van der Waals surface area contributed by atoms with E-state index in [0.717, 1.165) is 30.1 Å². The summed E-state index contributed by atoms with van der Waals surface area (Å²) in [5, 5.41) is 8.97.